The molecule has 0 amide bonds. The Hall–Kier alpha value is -12.0. The molecule has 0 saturated heterocycles. The zero-order valence-electron chi connectivity index (χ0n) is 68.7. The van der Waals surface area contributed by atoms with Crippen molar-refractivity contribution < 1.29 is 0 Å². The van der Waals surface area contributed by atoms with E-state index in [0.717, 1.165) is 38.5 Å². The van der Waals surface area contributed by atoms with Gasteiger partial charge in [-0.25, -0.2) is 0 Å². The third kappa shape index (κ3) is 15.6. The minimum atomic E-state index is -0.230. The Labute approximate surface area is 685 Å². The largest absolute Gasteiger partial charge is 0.310 e. The summed E-state index contributed by atoms with van der Waals surface area (Å²) < 4.78 is 0. The Balaban J connectivity index is 1.06. The Morgan fingerprint density at radius 1 is 0.243 bits per heavy atom. The maximum absolute atomic E-state index is 2.85. The fourth-order valence-corrected chi connectivity index (χ4v) is 17.9. The summed E-state index contributed by atoms with van der Waals surface area (Å²) in [6.07, 6.45) is 8.52. The van der Waals surface area contributed by atoms with Gasteiger partial charge in [-0.1, -0.05) is 404 Å². The van der Waals surface area contributed by atoms with E-state index in [2.05, 4.69) is 425 Å². The Bertz CT molecular complexity index is 5340. The monoisotopic (exact) mass is 1490 g/mol. The van der Waals surface area contributed by atoms with Gasteiger partial charge in [-0.2, -0.15) is 0 Å². The van der Waals surface area contributed by atoms with Gasteiger partial charge in [0.2, 0.25) is 0 Å². The second kappa shape index (κ2) is 32.5. The number of unbranched alkanes of at least 4 members (excludes halogenated alkanes) is 2. The fourth-order valence-electron chi connectivity index (χ4n) is 17.9. The van der Waals surface area contributed by atoms with Crippen LogP contribution in [-0.2, 0) is 23.7 Å². The third-order valence-electron chi connectivity index (χ3n) is 24.1. The third-order valence-corrected chi connectivity index (χ3v) is 24.1. The highest BCUT2D eigenvalue weighted by atomic mass is 15.2. The van der Waals surface area contributed by atoms with Crippen LogP contribution in [0.4, 0.5) is 34.1 Å². The molecule has 0 bridgehead atoms. The molecule has 0 radical (unpaired) electrons. The summed E-state index contributed by atoms with van der Waals surface area (Å²) in [4.78, 5) is 5.71. The van der Waals surface area contributed by atoms with E-state index in [-0.39, 0.29) is 17.5 Å². The highest BCUT2D eigenvalue weighted by molar-refractivity contribution is 7.00. The van der Waals surface area contributed by atoms with Crippen molar-refractivity contribution in [1.82, 2.24) is 0 Å². The van der Waals surface area contributed by atoms with Crippen molar-refractivity contribution in [3.8, 4) is 111 Å². The number of hydrogen-bond donors (Lipinski definition) is 0. The van der Waals surface area contributed by atoms with E-state index >= 15 is 0 Å². The summed E-state index contributed by atoms with van der Waals surface area (Å²) in [5.41, 5.74) is 40.0. The maximum atomic E-state index is 2.85. The van der Waals surface area contributed by atoms with Gasteiger partial charge in [0, 0.05) is 45.0 Å². The molecule has 0 fully saturated rings. The number of aryl methyl sites for hydroxylation is 2. The van der Waals surface area contributed by atoms with Crippen molar-refractivity contribution in [2.24, 2.45) is 11.8 Å². The van der Waals surface area contributed by atoms with Crippen LogP contribution in [0.3, 0.4) is 0 Å². The van der Waals surface area contributed by atoms with Crippen LogP contribution in [0, 0.1) is 11.8 Å². The van der Waals surface area contributed by atoms with Crippen molar-refractivity contribution >= 4 is 57.2 Å². The van der Waals surface area contributed by atoms with Crippen molar-refractivity contribution in [3.63, 3.8) is 0 Å². The van der Waals surface area contributed by atoms with Crippen LogP contribution in [0.2, 0.25) is 0 Å². The molecule has 0 spiro atoms. The normalized spacial score (nSPS) is 12.5. The van der Waals surface area contributed by atoms with E-state index in [1.807, 2.05) is 0 Å². The molecule has 0 unspecified atom stereocenters. The van der Waals surface area contributed by atoms with Crippen LogP contribution in [0.25, 0.3) is 111 Å². The van der Waals surface area contributed by atoms with E-state index in [9.17, 15) is 0 Å². The molecule has 15 aromatic carbocycles. The second-order valence-corrected chi connectivity index (χ2v) is 35.1. The zero-order valence-corrected chi connectivity index (χ0v) is 68.7. The van der Waals surface area contributed by atoms with Gasteiger partial charge in [-0.15, -0.1) is 0 Å². The molecule has 2 aliphatic heterocycles. The SMILES string of the molecule is CC(C)CCCCc1cc(CCCCC(C)C)c2c3c1N(c1c(-c4ccc(-c5ccccc5)cc4)cc(C(C)(C)C)cc1-c1ccc(-c4ccccc4)cc1)c1ccc(-c4ccccc4)cc1B3c1cc(-c3ccccc3)ccc1N2c1c(-c2ccc(-c3ccccc3)cc2)cc(C(C)(C)C)cc1-c1ccc(-c2ccccc2)cc1. The van der Waals surface area contributed by atoms with Crippen LogP contribution in [0.5, 0.6) is 0 Å². The number of anilines is 6. The molecule has 3 heteroatoms. The molecular formula is C112H105BN2. The molecule has 15 aromatic rings. The molecule has 17 rings (SSSR count). The number of hydrogen-bond acceptors (Lipinski definition) is 2. The lowest BCUT2D eigenvalue weighted by atomic mass is 9.33. The first-order valence-electron chi connectivity index (χ1n) is 42.2. The van der Waals surface area contributed by atoms with Gasteiger partial charge < -0.3 is 9.80 Å². The van der Waals surface area contributed by atoms with Crippen molar-refractivity contribution in [2.45, 2.75) is 131 Å². The Morgan fingerprint density at radius 3 is 0.730 bits per heavy atom. The predicted molar refractivity (Wildman–Crippen MR) is 497 cm³/mol. The minimum Gasteiger partial charge on any atom is -0.310 e. The topological polar surface area (TPSA) is 6.48 Å². The summed E-state index contributed by atoms with van der Waals surface area (Å²) in [7, 11) is 0. The van der Waals surface area contributed by atoms with Crippen molar-refractivity contribution in [2.75, 3.05) is 9.80 Å². The van der Waals surface area contributed by atoms with E-state index in [1.54, 1.807) is 0 Å². The van der Waals surface area contributed by atoms with E-state index in [4.69, 9.17) is 0 Å². The van der Waals surface area contributed by atoms with Crippen LogP contribution in [0.15, 0.2) is 346 Å². The van der Waals surface area contributed by atoms with Crippen LogP contribution in [-0.4, -0.2) is 6.71 Å². The average molecular weight is 1490 g/mol. The maximum Gasteiger partial charge on any atom is 0.252 e. The molecule has 2 aliphatic rings. The first-order valence-corrected chi connectivity index (χ1v) is 42.2. The highest BCUT2D eigenvalue weighted by Gasteiger charge is 2.48. The summed E-state index contributed by atoms with van der Waals surface area (Å²) in [5.74, 6) is 1.16. The minimum absolute atomic E-state index is 0.230. The summed E-state index contributed by atoms with van der Waals surface area (Å²) >= 11 is 0. The van der Waals surface area contributed by atoms with Crippen molar-refractivity contribution in [3.05, 3.63) is 368 Å². The van der Waals surface area contributed by atoms with Crippen LogP contribution >= 0.6 is 0 Å². The van der Waals surface area contributed by atoms with Gasteiger partial charge in [-0.3, -0.25) is 0 Å². The lowest BCUT2D eigenvalue weighted by Gasteiger charge is -2.48. The van der Waals surface area contributed by atoms with Gasteiger partial charge in [0.25, 0.3) is 6.71 Å². The molecule has 2 heterocycles. The standard InChI is InChI=1S/C112H105BN2/c1-76(2)33-29-31-47-94-69-95(48-32-30-34-77(3)4)108-106-107(94)114(109-98(88-57-49-84(50-58-88)78-35-17-11-18-36-78)72-96(111(5,6)7)73-99(109)89-59-51-85(52-60-89)79-37-19-12-20-38-79)104-67-65-92(82-43-25-15-26-44-82)70-102(104)113(106)103-71-93(83-45-27-16-28-46-83)66-68-105(103)115(108)110-100(90-61-53-86(54-62-90)80-39-21-13-22-40-80)74-97(112(8,9)10)75-101(110)91-63-55-87(56-64-91)81-41-23-14-24-42-81/h11-28,35-46,49-77H,29-34,47-48H2,1-10H3. The number of benzene rings is 15. The fraction of sp³-hybridized carbons (Fsp3) is 0.196. The van der Waals surface area contributed by atoms with E-state index < -0.39 is 0 Å². The van der Waals surface area contributed by atoms with Crippen molar-refractivity contribution in [1.29, 1.82) is 0 Å². The van der Waals surface area contributed by atoms with Crippen LogP contribution < -0.4 is 26.2 Å². The van der Waals surface area contributed by atoms with Gasteiger partial charge in [0.05, 0.1) is 11.4 Å². The average Bonchev–Trinajstić information content (AvgIpc) is 0.680. The van der Waals surface area contributed by atoms with Gasteiger partial charge in [0.15, 0.2) is 0 Å². The Morgan fingerprint density at radius 2 is 0.478 bits per heavy atom. The zero-order chi connectivity index (χ0) is 78.9. The van der Waals surface area contributed by atoms with Crippen LogP contribution in [0.1, 0.15) is 130 Å². The first kappa shape index (κ1) is 75.6. The lowest BCUT2D eigenvalue weighted by Crippen LogP contribution is -2.62. The smallest absolute Gasteiger partial charge is 0.252 e. The van der Waals surface area contributed by atoms with Gasteiger partial charge in [0.1, 0.15) is 0 Å². The van der Waals surface area contributed by atoms with E-state index in [0.29, 0.717) is 11.8 Å². The molecule has 0 aliphatic carbocycles. The molecular weight excluding hydrogens is 1380 g/mol. The molecule has 115 heavy (non-hydrogen) atoms. The molecule has 0 saturated carbocycles. The molecule has 0 N–H and O–H groups in total. The predicted octanol–water partition coefficient (Wildman–Crippen LogP) is 29.8. The highest BCUT2D eigenvalue weighted by Crippen LogP contribution is 2.57. The lowest BCUT2D eigenvalue weighted by molar-refractivity contribution is 0.536. The Kier molecular flexibility index (Phi) is 21.3. The van der Waals surface area contributed by atoms with Gasteiger partial charge in [-0.05, 0) is 212 Å². The molecule has 0 atom stereocenters. The molecule has 0 aromatic heterocycles. The van der Waals surface area contributed by atoms with Gasteiger partial charge >= 0.3 is 0 Å². The first-order chi connectivity index (χ1) is 56.0. The summed E-state index contributed by atoms with van der Waals surface area (Å²) in [6.45, 7) is 23.7. The summed E-state index contributed by atoms with van der Waals surface area (Å²) in [5, 5.41) is 0. The number of fused-ring (bicyclic) bond motifs is 4. The number of rotatable bonds is 22. The molecule has 2 nitrogen and oxygen atoms in total. The van der Waals surface area contributed by atoms with E-state index in [1.165, 1.54) is 197 Å². The summed E-state index contributed by atoms with van der Waals surface area (Å²) in [6, 6.07) is 132. The quantitative estimate of drug-likeness (QED) is 0.0493. The number of nitrogens with zero attached hydrogens (tertiary/aromatic N) is 2. The molecule has 566 valence electrons. The second-order valence-electron chi connectivity index (χ2n) is 35.1.